The van der Waals surface area contributed by atoms with Gasteiger partial charge in [0.25, 0.3) is 0 Å². The summed E-state index contributed by atoms with van der Waals surface area (Å²) in [5.74, 6) is 0.321. The van der Waals surface area contributed by atoms with Crippen molar-refractivity contribution < 1.29 is 22.1 Å². The molecule has 0 saturated carbocycles. The van der Waals surface area contributed by atoms with Crippen molar-refractivity contribution in [3.8, 4) is 5.75 Å². The first kappa shape index (κ1) is 21.5. The van der Waals surface area contributed by atoms with Crippen LogP contribution in [0.2, 0.25) is 0 Å². The van der Waals surface area contributed by atoms with E-state index in [1.54, 1.807) is 0 Å². The van der Waals surface area contributed by atoms with Gasteiger partial charge in [-0.05, 0) is 31.0 Å². The van der Waals surface area contributed by atoms with Crippen LogP contribution in [0.3, 0.4) is 0 Å². The number of aromatic nitrogens is 2. The van der Waals surface area contributed by atoms with Crippen LogP contribution in [0.5, 0.6) is 5.75 Å². The summed E-state index contributed by atoms with van der Waals surface area (Å²) >= 11 is 0. The molecule has 1 aromatic carbocycles. The van der Waals surface area contributed by atoms with Gasteiger partial charge < -0.3 is 19.5 Å². The van der Waals surface area contributed by atoms with Crippen molar-refractivity contribution in [1.82, 2.24) is 15.5 Å². The lowest BCUT2D eigenvalue weighted by Gasteiger charge is -2.31. The van der Waals surface area contributed by atoms with Gasteiger partial charge >= 0.3 is 6.01 Å². The first-order valence-corrected chi connectivity index (χ1v) is 11.6. The fourth-order valence-corrected chi connectivity index (χ4v) is 3.75. The Morgan fingerprint density at radius 2 is 2.07 bits per heavy atom. The van der Waals surface area contributed by atoms with E-state index in [1.807, 2.05) is 13.8 Å². The van der Waals surface area contributed by atoms with Crippen LogP contribution < -0.4 is 15.0 Å². The predicted molar refractivity (Wildman–Crippen MR) is 107 cm³/mol. The predicted octanol–water partition coefficient (Wildman–Crippen LogP) is 2.37. The fourth-order valence-electron chi connectivity index (χ4n) is 3.12. The van der Waals surface area contributed by atoms with Crippen molar-refractivity contribution >= 4 is 15.9 Å². The Hall–Kier alpha value is -2.20. The number of benzene rings is 1. The molecule has 1 fully saturated rings. The summed E-state index contributed by atoms with van der Waals surface area (Å²) < 4.78 is 47.6. The zero-order valence-corrected chi connectivity index (χ0v) is 17.7. The number of anilines is 1. The smallest absolute Gasteiger partial charge is 0.324 e. The molecule has 1 aromatic heterocycles. The van der Waals surface area contributed by atoms with Gasteiger partial charge in [0.05, 0.1) is 4.90 Å². The number of nitrogens with one attached hydrogen (secondary N) is 1. The first-order chi connectivity index (χ1) is 13.7. The average molecular weight is 427 g/mol. The molecule has 0 bridgehead atoms. The molecule has 0 spiro atoms. The molecule has 0 amide bonds. The molecule has 1 saturated heterocycles. The number of ether oxygens (including phenoxy) is 1. The molecule has 2 aromatic rings. The van der Waals surface area contributed by atoms with Crippen molar-refractivity contribution in [3.05, 3.63) is 29.8 Å². The highest BCUT2D eigenvalue weighted by molar-refractivity contribution is 7.90. The van der Waals surface area contributed by atoms with Crippen molar-refractivity contribution in [3.63, 3.8) is 0 Å². The second-order valence-electron chi connectivity index (χ2n) is 7.52. The molecule has 0 aliphatic carbocycles. The van der Waals surface area contributed by atoms with Gasteiger partial charge in [-0.1, -0.05) is 19.0 Å². The van der Waals surface area contributed by atoms with Crippen LogP contribution in [-0.4, -0.2) is 57.1 Å². The highest BCUT2D eigenvalue weighted by atomic mass is 32.2. The van der Waals surface area contributed by atoms with Gasteiger partial charge in [0, 0.05) is 37.8 Å². The molecule has 2 heterocycles. The zero-order valence-electron chi connectivity index (χ0n) is 16.9. The number of nitrogens with zero attached hydrogens (tertiary/aromatic N) is 3. The highest BCUT2D eigenvalue weighted by Crippen LogP contribution is 2.22. The maximum Gasteiger partial charge on any atom is 0.324 e. The number of halogens is 1. The van der Waals surface area contributed by atoms with Gasteiger partial charge in [0.15, 0.2) is 27.2 Å². The lowest BCUT2D eigenvalue weighted by Crippen LogP contribution is -2.43. The lowest BCUT2D eigenvalue weighted by atomic mass is 10.1. The van der Waals surface area contributed by atoms with E-state index in [9.17, 15) is 12.8 Å². The number of rotatable bonds is 8. The summed E-state index contributed by atoms with van der Waals surface area (Å²) in [7, 11) is -3.44. The van der Waals surface area contributed by atoms with Crippen molar-refractivity contribution in [2.24, 2.45) is 0 Å². The molecule has 1 N–H and O–H groups in total. The summed E-state index contributed by atoms with van der Waals surface area (Å²) in [6, 6.07) is 4.58. The van der Waals surface area contributed by atoms with Crippen LogP contribution >= 0.6 is 0 Å². The minimum atomic E-state index is -3.44. The molecular formula is C19H27FN4O4S. The van der Waals surface area contributed by atoms with Gasteiger partial charge in [-0.15, -0.1) is 0 Å². The van der Waals surface area contributed by atoms with Gasteiger partial charge in [0.2, 0.25) is 0 Å². The second-order valence-corrected chi connectivity index (χ2v) is 9.53. The summed E-state index contributed by atoms with van der Waals surface area (Å²) in [4.78, 5) is 6.46. The maximum absolute atomic E-state index is 14.0. The second kappa shape index (κ2) is 9.08. The molecule has 10 heteroatoms. The molecule has 3 rings (SSSR count). The van der Waals surface area contributed by atoms with E-state index in [1.165, 1.54) is 12.1 Å². The van der Waals surface area contributed by atoms with Crippen molar-refractivity contribution in [2.45, 2.75) is 43.5 Å². The third-order valence-corrected chi connectivity index (χ3v) is 5.95. The Morgan fingerprint density at radius 3 is 2.66 bits per heavy atom. The minimum absolute atomic E-state index is 0.0476. The van der Waals surface area contributed by atoms with E-state index in [0.29, 0.717) is 24.4 Å². The molecule has 8 nitrogen and oxygen atoms in total. The monoisotopic (exact) mass is 426 g/mol. The number of hydrogen-bond donors (Lipinski definition) is 1. The third kappa shape index (κ3) is 5.66. The van der Waals surface area contributed by atoms with E-state index in [-0.39, 0.29) is 23.2 Å². The average Bonchev–Trinajstić information content (AvgIpc) is 3.16. The molecule has 0 atom stereocenters. The van der Waals surface area contributed by atoms with Gasteiger partial charge in [-0.3, -0.25) is 0 Å². The van der Waals surface area contributed by atoms with Crippen LogP contribution in [0.15, 0.2) is 27.6 Å². The Kier molecular flexibility index (Phi) is 6.74. The molecule has 0 radical (unpaired) electrons. The van der Waals surface area contributed by atoms with Crippen LogP contribution in [0, 0.1) is 5.82 Å². The highest BCUT2D eigenvalue weighted by Gasteiger charge is 2.23. The van der Waals surface area contributed by atoms with Gasteiger partial charge in [-0.25, -0.2) is 12.8 Å². The van der Waals surface area contributed by atoms with E-state index in [2.05, 4.69) is 20.4 Å². The SMILES string of the molecule is CC(C)c1noc(N2CCC(NCCOc3ccc(S(C)(=O)=O)cc3F)CC2)n1. The third-order valence-electron chi connectivity index (χ3n) is 4.84. The molecule has 29 heavy (non-hydrogen) atoms. The fraction of sp³-hybridized carbons (Fsp3) is 0.579. The van der Waals surface area contributed by atoms with E-state index in [4.69, 9.17) is 9.26 Å². The summed E-state index contributed by atoms with van der Waals surface area (Å²) in [6.45, 7) is 6.55. The quantitative estimate of drug-likeness (QED) is 0.643. The Morgan fingerprint density at radius 1 is 1.34 bits per heavy atom. The lowest BCUT2D eigenvalue weighted by molar-refractivity contribution is 0.282. The largest absolute Gasteiger partial charge is 0.489 e. The summed E-state index contributed by atoms with van der Waals surface area (Å²) in [5.41, 5.74) is 0. The van der Waals surface area contributed by atoms with Crippen LogP contribution in [0.25, 0.3) is 0 Å². The molecular weight excluding hydrogens is 399 g/mol. The maximum atomic E-state index is 14.0. The van der Waals surface area contributed by atoms with E-state index < -0.39 is 15.7 Å². The van der Waals surface area contributed by atoms with Crippen LogP contribution in [-0.2, 0) is 9.84 Å². The van der Waals surface area contributed by atoms with Crippen LogP contribution in [0.1, 0.15) is 38.4 Å². The number of hydrogen-bond acceptors (Lipinski definition) is 8. The Labute approximate surface area is 170 Å². The topological polar surface area (TPSA) is 97.6 Å². The van der Waals surface area contributed by atoms with E-state index in [0.717, 1.165) is 38.3 Å². The van der Waals surface area contributed by atoms with Crippen molar-refractivity contribution in [1.29, 1.82) is 0 Å². The number of piperidine rings is 1. The Balaban J connectivity index is 1.40. The van der Waals surface area contributed by atoms with Crippen molar-refractivity contribution in [2.75, 3.05) is 37.4 Å². The molecule has 1 aliphatic rings. The molecule has 160 valence electrons. The molecule has 0 unspecified atom stereocenters. The van der Waals surface area contributed by atoms with Gasteiger partial charge in [0.1, 0.15) is 6.61 Å². The number of sulfone groups is 1. The zero-order chi connectivity index (χ0) is 21.0. The molecule has 1 aliphatic heterocycles. The summed E-state index contributed by atoms with van der Waals surface area (Å²) in [6.07, 6.45) is 2.90. The standard InChI is InChI=1S/C19H27FN4O4S/c1-13(2)18-22-19(28-23-18)24-9-6-14(7-10-24)21-8-11-27-17-5-4-15(12-16(17)20)29(3,25)26/h4-5,12-14,21H,6-11H2,1-3H3. The first-order valence-electron chi connectivity index (χ1n) is 9.68. The normalized spacial score (nSPS) is 15.8. The van der Waals surface area contributed by atoms with E-state index >= 15 is 0 Å². The summed E-state index contributed by atoms with van der Waals surface area (Å²) in [5, 5.41) is 7.41. The van der Waals surface area contributed by atoms with Crippen LogP contribution in [0.4, 0.5) is 10.4 Å². The Bertz CT molecular complexity index is 924. The van der Waals surface area contributed by atoms with Gasteiger partial charge in [-0.2, -0.15) is 4.98 Å². The minimum Gasteiger partial charge on any atom is -0.489 e.